The Labute approximate surface area is 393 Å². The number of cyclic esters (lactones) is 4. The third-order valence-electron chi connectivity index (χ3n) is 9.64. The van der Waals surface area contributed by atoms with Crippen LogP contribution in [0.5, 0.6) is 0 Å². The Morgan fingerprint density at radius 3 is 1.32 bits per heavy atom. The van der Waals surface area contributed by atoms with Gasteiger partial charge < -0.3 is 48.5 Å². The zero-order chi connectivity index (χ0) is 46.4. The van der Waals surface area contributed by atoms with Gasteiger partial charge in [0.2, 0.25) is 0 Å². The van der Waals surface area contributed by atoms with Gasteiger partial charge in [-0.25, -0.2) is 9.59 Å². The second-order valence-electron chi connectivity index (χ2n) is 15.5. The number of unbranched alkanes of at least 4 members (excludes halogenated alkanes) is 3. The molecule has 0 aromatic carbocycles. The van der Waals surface area contributed by atoms with E-state index in [2.05, 4.69) is 9.47 Å². The van der Waals surface area contributed by atoms with Crippen molar-refractivity contribution in [2.45, 2.75) is 126 Å². The maximum Gasteiger partial charge on any atom is 0.508 e. The van der Waals surface area contributed by atoms with Crippen LogP contribution in [-0.2, 0) is 57.1 Å². The van der Waals surface area contributed by atoms with Crippen molar-refractivity contribution in [3.8, 4) is 0 Å². The van der Waals surface area contributed by atoms with Gasteiger partial charge >= 0.3 is 42.2 Å². The van der Waals surface area contributed by atoms with Crippen molar-refractivity contribution >= 4 is 107 Å². The molecule has 0 radical (unpaired) electrons. The van der Waals surface area contributed by atoms with Gasteiger partial charge in [-0.1, -0.05) is 84.0 Å². The largest absolute Gasteiger partial charge is 0.508 e. The van der Waals surface area contributed by atoms with E-state index in [0.29, 0.717) is 19.3 Å². The van der Waals surface area contributed by atoms with E-state index >= 15 is 0 Å². The summed E-state index contributed by atoms with van der Waals surface area (Å²) in [4.78, 5) is 76.5. The first kappa shape index (κ1) is 57.1. The summed E-state index contributed by atoms with van der Waals surface area (Å²) in [7, 11) is 11.7. The van der Waals surface area contributed by atoms with Crippen molar-refractivity contribution in [1.29, 1.82) is 0 Å². The van der Waals surface area contributed by atoms with Gasteiger partial charge in [0.1, 0.15) is 57.1 Å². The highest BCUT2D eigenvalue weighted by atomic mass is 33.1. The zero-order valence-corrected chi connectivity index (χ0v) is 41.0. The molecule has 362 valence electrons. The third-order valence-corrected chi connectivity index (χ3v) is 18.7. The van der Waals surface area contributed by atoms with Crippen LogP contribution < -0.4 is 0 Å². The maximum atomic E-state index is 12.0. The molecule has 0 aromatic heterocycles. The number of carboxylic acids is 2. The van der Waals surface area contributed by atoms with E-state index in [4.69, 9.17) is 39.0 Å². The Morgan fingerprint density at radius 2 is 0.952 bits per heavy atom. The molecule has 63 heavy (non-hydrogen) atoms. The van der Waals surface area contributed by atoms with E-state index in [9.17, 15) is 33.6 Å². The normalized spacial score (nSPS) is 21.7. The molecule has 17 nitrogen and oxygen atoms in total. The maximum absolute atomic E-state index is 12.0. The summed E-state index contributed by atoms with van der Waals surface area (Å²) in [6.45, 7) is 2.69. The fraction of sp³-hybridized carbons (Fsp3) is 0.825. The summed E-state index contributed by atoms with van der Waals surface area (Å²) in [5, 5.41) is 27.8. The molecule has 5 heterocycles. The lowest BCUT2D eigenvalue weighted by Gasteiger charge is -2.29. The second-order valence-corrected chi connectivity index (χ2v) is 23.9. The molecule has 0 saturated carbocycles. The summed E-state index contributed by atoms with van der Waals surface area (Å²) in [5.41, 5.74) is -2.11. The van der Waals surface area contributed by atoms with E-state index in [1.807, 2.05) is 64.8 Å². The Kier molecular flexibility index (Phi) is 30.3. The van der Waals surface area contributed by atoms with Crippen LogP contribution >= 0.6 is 64.8 Å². The van der Waals surface area contributed by atoms with Crippen LogP contribution in [0.2, 0.25) is 0 Å². The number of hydrogen-bond acceptors (Lipinski definition) is 21. The number of rotatable bonds is 22. The molecule has 0 aromatic rings. The molecule has 5 aliphatic rings. The number of hydrogen-bond donors (Lipinski definition) is 3. The summed E-state index contributed by atoms with van der Waals surface area (Å²) >= 11 is 0. The number of aliphatic carboxylic acids is 2. The molecule has 0 aliphatic carbocycles. The molecular formula is C40H64O17S6. The molecule has 23 heteroatoms. The van der Waals surface area contributed by atoms with Gasteiger partial charge in [-0.2, -0.15) is 0 Å². The van der Waals surface area contributed by atoms with E-state index in [-0.39, 0.29) is 64.8 Å². The number of aliphatic hydroxyl groups is 1. The Morgan fingerprint density at radius 1 is 0.571 bits per heavy atom. The first-order valence-electron chi connectivity index (χ1n) is 21.1. The van der Waals surface area contributed by atoms with Gasteiger partial charge in [0.25, 0.3) is 0 Å². The SMILES string of the molecule is CC1(C(=O)O)COC(=O)OC1.CC1(C(=O)OCCOC(=O)CCCCC2CCSS2)COC(=O)OC1.O=C(CCCCC1CCSS1)OCCO.O=C(O)CCCCC1CCSS1. The highest BCUT2D eigenvalue weighted by Gasteiger charge is 2.42. The molecule has 0 bridgehead atoms. The first-order valence-corrected chi connectivity index (χ1v) is 28.3. The molecule has 3 atom stereocenters. The summed E-state index contributed by atoms with van der Waals surface area (Å²) in [6.07, 6.45) is 12.8. The summed E-state index contributed by atoms with van der Waals surface area (Å²) < 4.78 is 33.1. The lowest BCUT2D eigenvalue weighted by atomic mass is 9.93. The Bertz CT molecular complexity index is 1370. The van der Waals surface area contributed by atoms with E-state index in [1.165, 1.54) is 56.3 Å². The first-order chi connectivity index (χ1) is 30.2. The van der Waals surface area contributed by atoms with Gasteiger partial charge in [0.15, 0.2) is 0 Å². The molecule has 5 rings (SSSR count). The lowest BCUT2D eigenvalue weighted by Crippen LogP contribution is -2.44. The van der Waals surface area contributed by atoms with Gasteiger partial charge in [0, 0.05) is 52.3 Å². The second kappa shape index (κ2) is 33.4. The topological polar surface area (TPSA) is 245 Å². The lowest BCUT2D eigenvalue weighted by molar-refractivity contribution is -0.169. The smallest absolute Gasteiger partial charge is 0.481 e. The average molecular weight is 1010 g/mol. The molecule has 5 aliphatic heterocycles. The molecule has 0 spiro atoms. The predicted molar refractivity (Wildman–Crippen MR) is 247 cm³/mol. The number of esters is 3. The monoisotopic (exact) mass is 1010 g/mol. The van der Waals surface area contributed by atoms with Crippen LogP contribution in [0.4, 0.5) is 9.59 Å². The van der Waals surface area contributed by atoms with Crippen LogP contribution in [-0.4, -0.2) is 143 Å². The minimum Gasteiger partial charge on any atom is -0.481 e. The molecule has 3 unspecified atom stereocenters. The van der Waals surface area contributed by atoms with E-state index < -0.39 is 41.0 Å². The van der Waals surface area contributed by atoms with Gasteiger partial charge in [-0.3, -0.25) is 24.0 Å². The molecule has 3 N–H and O–H groups in total. The molecular weight excluding hydrogens is 945 g/mol. The number of aliphatic hydroxyl groups excluding tert-OH is 1. The minimum absolute atomic E-state index is 0.0238. The quantitative estimate of drug-likeness (QED) is 0.0400. The summed E-state index contributed by atoms with van der Waals surface area (Å²) in [6, 6.07) is 0. The van der Waals surface area contributed by atoms with Crippen molar-refractivity contribution in [2.24, 2.45) is 10.8 Å². The van der Waals surface area contributed by atoms with Crippen LogP contribution in [0, 0.1) is 10.8 Å². The molecule has 5 saturated heterocycles. The molecule has 0 amide bonds. The van der Waals surface area contributed by atoms with E-state index in [1.54, 1.807) is 6.92 Å². The van der Waals surface area contributed by atoms with Gasteiger partial charge in [-0.15, -0.1) is 0 Å². The third kappa shape index (κ3) is 26.6. The number of ether oxygens (including phenoxy) is 7. The average Bonchev–Trinajstić information content (AvgIpc) is 4.09. The van der Waals surface area contributed by atoms with Crippen LogP contribution in [0.1, 0.15) is 110 Å². The van der Waals surface area contributed by atoms with Crippen molar-refractivity contribution in [3.05, 3.63) is 0 Å². The minimum atomic E-state index is -1.09. The Balaban J connectivity index is 0.000000308. The zero-order valence-electron chi connectivity index (χ0n) is 36.1. The van der Waals surface area contributed by atoms with Crippen LogP contribution in [0.3, 0.4) is 0 Å². The van der Waals surface area contributed by atoms with Crippen molar-refractivity contribution < 1.29 is 82.0 Å². The number of carboxylic acid groups (broad SMARTS) is 2. The van der Waals surface area contributed by atoms with Gasteiger partial charge in [-0.05, 0) is 71.6 Å². The fourth-order valence-corrected chi connectivity index (χ4v) is 14.8. The highest BCUT2D eigenvalue weighted by Crippen LogP contribution is 2.41. The van der Waals surface area contributed by atoms with Crippen molar-refractivity contribution in [2.75, 3.05) is 70.1 Å². The molecule has 5 fully saturated rings. The standard InChI is InChI=1S/C16H24O7S2.C10H18O3S2.C8H14O2S2.C6H8O5/c1-16(10-22-15(19)23-11-16)14(18)21-8-7-20-13(17)5-3-2-4-12-6-9-24-25-12;11-6-7-13-10(12)4-2-1-3-9-5-8-14-15-9;9-8(10)4-2-1-3-7-5-6-11-12-7;1-6(4(7)8)2-10-5(9)11-3-6/h12H,2-11H2,1H3;9,11H,1-8H2;7H,1-6H2,(H,9,10);2-3H2,1H3,(H,7,8). The van der Waals surface area contributed by atoms with Crippen molar-refractivity contribution in [3.63, 3.8) is 0 Å². The van der Waals surface area contributed by atoms with Crippen LogP contribution in [0.15, 0.2) is 0 Å². The fourth-order valence-electron chi connectivity index (χ4n) is 5.67. The number of carbonyl (C=O) groups is 7. The highest BCUT2D eigenvalue weighted by molar-refractivity contribution is 8.78. The van der Waals surface area contributed by atoms with Crippen molar-refractivity contribution in [1.82, 2.24) is 0 Å². The van der Waals surface area contributed by atoms with E-state index in [0.717, 1.165) is 60.7 Å². The van der Waals surface area contributed by atoms with Crippen LogP contribution in [0.25, 0.3) is 0 Å². The summed E-state index contributed by atoms with van der Waals surface area (Å²) in [5.74, 6) is 1.09. The number of carbonyl (C=O) groups excluding carboxylic acids is 5. The van der Waals surface area contributed by atoms with Gasteiger partial charge in [0.05, 0.1) is 6.61 Å². The predicted octanol–water partition coefficient (Wildman–Crippen LogP) is 8.23. The Hall–Kier alpha value is -2.05.